The molecule has 1 saturated carbocycles. The van der Waals surface area contributed by atoms with E-state index in [0.717, 1.165) is 5.56 Å². The lowest BCUT2D eigenvalue weighted by Crippen LogP contribution is -2.39. The van der Waals surface area contributed by atoms with E-state index in [-0.39, 0.29) is 11.8 Å². The minimum absolute atomic E-state index is 0.266. The van der Waals surface area contributed by atoms with Gasteiger partial charge in [-0.2, -0.15) is 5.26 Å². The Balaban J connectivity index is 1.61. The summed E-state index contributed by atoms with van der Waals surface area (Å²) in [6, 6.07) is 12.2. The number of carbonyl (C=O) groups is 2. The van der Waals surface area contributed by atoms with Gasteiger partial charge >= 0.3 is 0 Å². The fourth-order valence-electron chi connectivity index (χ4n) is 2.42. The van der Waals surface area contributed by atoms with Crippen molar-refractivity contribution in [3.8, 4) is 6.07 Å². The third kappa shape index (κ3) is 3.25. The van der Waals surface area contributed by atoms with Crippen LogP contribution in [-0.4, -0.2) is 16.8 Å². The van der Waals surface area contributed by atoms with Crippen molar-refractivity contribution in [2.75, 3.05) is 5.32 Å². The largest absolute Gasteiger partial charge is 0.351 e. The Morgan fingerprint density at radius 3 is 2.50 bits per heavy atom. The van der Waals surface area contributed by atoms with E-state index in [1.165, 1.54) is 0 Å². The van der Waals surface area contributed by atoms with Crippen LogP contribution in [0.2, 0.25) is 0 Å². The molecule has 6 nitrogen and oxygen atoms in total. The Bertz CT molecular complexity index is 790. The number of benzene rings is 1. The average molecular weight is 320 g/mol. The average Bonchev–Trinajstić information content (AvgIpc) is 3.43. The van der Waals surface area contributed by atoms with Gasteiger partial charge in [0.25, 0.3) is 0 Å². The number of nitrogens with zero attached hydrogens (tertiary/aromatic N) is 2. The number of hydrogen-bond acceptors (Lipinski definition) is 4. The summed E-state index contributed by atoms with van der Waals surface area (Å²) in [5, 5.41) is 14.3. The summed E-state index contributed by atoms with van der Waals surface area (Å²) < 4.78 is 0. The first kappa shape index (κ1) is 15.7. The molecule has 1 aliphatic rings. The molecule has 0 radical (unpaired) electrons. The number of aromatic nitrogens is 1. The molecule has 1 aromatic carbocycles. The lowest BCUT2D eigenvalue weighted by Gasteiger charge is -2.15. The maximum absolute atomic E-state index is 12.5. The van der Waals surface area contributed by atoms with E-state index in [2.05, 4.69) is 15.6 Å². The van der Waals surface area contributed by atoms with E-state index in [0.29, 0.717) is 30.6 Å². The van der Waals surface area contributed by atoms with Crippen LogP contribution in [0.1, 0.15) is 24.0 Å². The van der Waals surface area contributed by atoms with Crippen molar-refractivity contribution in [3.63, 3.8) is 0 Å². The summed E-state index contributed by atoms with van der Waals surface area (Å²) in [6.07, 6.45) is 4.41. The first-order valence-electron chi connectivity index (χ1n) is 7.63. The Morgan fingerprint density at radius 2 is 1.92 bits per heavy atom. The predicted octanol–water partition coefficient (Wildman–Crippen LogP) is 1.99. The number of nitrogens with one attached hydrogen (secondary N) is 2. The number of pyridine rings is 1. The van der Waals surface area contributed by atoms with Gasteiger partial charge in [-0.1, -0.05) is 6.07 Å². The molecule has 2 amide bonds. The van der Waals surface area contributed by atoms with E-state index in [1.807, 2.05) is 12.1 Å². The normalized spacial score (nSPS) is 14.3. The van der Waals surface area contributed by atoms with Gasteiger partial charge in [-0.15, -0.1) is 0 Å². The zero-order chi connectivity index (χ0) is 17.0. The summed E-state index contributed by atoms with van der Waals surface area (Å²) in [4.78, 5) is 28.8. The van der Waals surface area contributed by atoms with Crippen LogP contribution >= 0.6 is 0 Å². The van der Waals surface area contributed by atoms with Crippen molar-refractivity contribution in [1.82, 2.24) is 10.3 Å². The molecule has 1 aromatic heterocycles. The van der Waals surface area contributed by atoms with Crippen LogP contribution in [0.4, 0.5) is 5.69 Å². The van der Waals surface area contributed by atoms with E-state index in [9.17, 15) is 9.59 Å². The van der Waals surface area contributed by atoms with Gasteiger partial charge in [-0.3, -0.25) is 14.6 Å². The maximum atomic E-state index is 12.5. The zero-order valence-corrected chi connectivity index (χ0v) is 13.0. The molecule has 2 aromatic rings. The SMILES string of the molecule is N#Cc1ccc(NC(=O)C2(C(=O)NCc3cccnc3)CC2)cc1. The smallest absolute Gasteiger partial charge is 0.240 e. The number of nitriles is 1. The molecule has 0 aliphatic heterocycles. The first-order valence-corrected chi connectivity index (χ1v) is 7.63. The Morgan fingerprint density at radius 1 is 1.17 bits per heavy atom. The molecule has 1 heterocycles. The van der Waals surface area contributed by atoms with Crippen LogP contribution in [0.15, 0.2) is 48.8 Å². The summed E-state index contributed by atoms with van der Waals surface area (Å²) in [5.74, 6) is -0.576. The second-order valence-corrected chi connectivity index (χ2v) is 5.77. The van der Waals surface area contributed by atoms with Crippen molar-refractivity contribution in [1.29, 1.82) is 5.26 Å². The molecule has 120 valence electrons. The molecule has 3 rings (SSSR count). The van der Waals surface area contributed by atoms with Gasteiger partial charge in [0.05, 0.1) is 11.6 Å². The van der Waals surface area contributed by atoms with Gasteiger partial charge in [-0.05, 0) is 48.7 Å². The van der Waals surface area contributed by atoms with Crippen molar-refractivity contribution in [2.45, 2.75) is 19.4 Å². The number of carbonyl (C=O) groups excluding carboxylic acids is 2. The summed E-state index contributed by atoms with van der Waals surface area (Å²) in [7, 11) is 0. The molecule has 0 unspecified atom stereocenters. The van der Waals surface area contributed by atoms with Crippen molar-refractivity contribution in [3.05, 3.63) is 59.9 Å². The highest BCUT2D eigenvalue weighted by Gasteiger charge is 2.56. The molecule has 24 heavy (non-hydrogen) atoms. The highest BCUT2D eigenvalue weighted by Crippen LogP contribution is 2.46. The highest BCUT2D eigenvalue weighted by atomic mass is 16.2. The van der Waals surface area contributed by atoms with Gasteiger partial charge in [-0.25, -0.2) is 0 Å². The summed E-state index contributed by atoms with van der Waals surface area (Å²) in [5.41, 5.74) is 0.985. The van der Waals surface area contributed by atoms with E-state index in [1.54, 1.807) is 42.7 Å². The summed E-state index contributed by atoms with van der Waals surface area (Å²) >= 11 is 0. The van der Waals surface area contributed by atoms with E-state index in [4.69, 9.17) is 5.26 Å². The number of hydrogen-bond donors (Lipinski definition) is 2. The summed E-state index contributed by atoms with van der Waals surface area (Å²) in [6.45, 7) is 0.346. The molecule has 0 saturated heterocycles. The van der Waals surface area contributed by atoms with Crippen LogP contribution in [0.5, 0.6) is 0 Å². The molecule has 0 bridgehead atoms. The Hall–Kier alpha value is -3.20. The standard InChI is InChI=1S/C18H16N4O2/c19-10-13-3-5-15(6-4-13)22-17(24)18(7-8-18)16(23)21-12-14-2-1-9-20-11-14/h1-6,9,11H,7-8,12H2,(H,21,23)(H,22,24). The van der Waals surface area contributed by atoms with Gasteiger partial charge in [0, 0.05) is 24.6 Å². The number of anilines is 1. The highest BCUT2D eigenvalue weighted by molar-refractivity contribution is 6.13. The fourth-order valence-corrected chi connectivity index (χ4v) is 2.42. The number of rotatable bonds is 5. The molecular weight excluding hydrogens is 304 g/mol. The molecule has 2 N–H and O–H groups in total. The Labute approximate surface area is 139 Å². The molecule has 1 fully saturated rings. The van der Waals surface area contributed by atoms with Crippen molar-refractivity contribution in [2.24, 2.45) is 5.41 Å². The predicted molar refractivity (Wildman–Crippen MR) is 87.5 cm³/mol. The number of amides is 2. The van der Waals surface area contributed by atoms with Crippen molar-refractivity contribution < 1.29 is 9.59 Å². The lowest BCUT2D eigenvalue weighted by molar-refractivity contribution is -0.134. The Kier molecular flexibility index (Phi) is 4.25. The molecular formula is C18H16N4O2. The van der Waals surface area contributed by atoms with Crippen LogP contribution in [0, 0.1) is 16.7 Å². The van der Waals surface area contributed by atoms with Crippen molar-refractivity contribution >= 4 is 17.5 Å². The van der Waals surface area contributed by atoms with Crippen LogP contribution in [0.3, 0.4) is 0 Å². The molecule has 0 spiro atoms. The van der Waals surface area contributed by atoms with Crippen LogP contribution in [0.25, 0.3) is 0 Å². The third-order valence-corrected chi connectivity index (χ3v) is 4.07. The molecule has 1 aliphatic carbocycles. The van der Waals surface area contributed by atoms with Gasteiger partial charge in [0.2, 0.25) is 11.8 Å². The van der Waals surface area contributed by atoms with E-state index < -0.39 is 5.41 Å². The topological polar surface area (TPSA) is 94.9 Å². The van der Waals surface area contributed by atoms with E-state index >= 15 is 0 Å². The second kappa shape index (κ2) is 6.50. The van der Waals surface area contributed by atoms with Gasteiger partial charge in [0.1, 0.15) is 5.41 Å². The van der Waals surface area contributed by atoms with Crippen LogP contribution < -0.4 is 10.6 Å². The minimum atomic E-state index is -0.990. The fraction of sp³-hybridized carbons (Fsp3) is 0.222. The first-order chi connectivity index (χ1) is 11.6. The lowest BCUT2D eigenvalue weighted by atomic mass is 10.0. The molecule has 6 heteroatoms. The maximum Gasteiger partial charge on any atom is 0.240 e. The van der Waals surface area contributed by atoms with Crippen LogP contribution in [-0.2, 0) is 16.1 Å². The monoisotopic (exact) mass is 320 g/mol. The minimum Gasteiger partial charge on any atom is -0.351 e. The second-order valence-electron chi connectivity index (χ2n) is 5.77. The quantitative estimate of drug-likeness (QED) is 0.824. The third-order valence-electron chi connectivity index (χ3n) is 4.07. The van der Waals surface area contributed by atoms with Gasteiger partial charge < -0.3 is 10.6 Å². The zero-order valence-electron chi connectivity index (χ0n) is 13.0. The van der Waals surface area contributed by atoms with Gasteiger partial charge in [0.15, 0.2) is 0 Å². The molecule has 0 atom stereocenters.